The quantitative estimate of drug-likeness (QED) is 0.606. The second-order valence-electron chi connectivity index (χ2n) is 5.33. The zero-order chi connectivity index (χ0) is 19.6. The smallest absolute Gasteiger partial charge is 0.274 e. The van der Waals surface area contributed by atoms with Crippen molar-refractivity contribution in [2.45, 2.75) is 0 Å². The van der Waals surface area contributed by atoms with E-state index in [0.29, 0.717) is 20.9 Å². The minimum absolute atomic E-state index is 0.210. The van der Waals surface area contributed by atoms with Gasteiger partial charge >= 0.3 is 0 Å². The molecule has 138 valence electrons. The van der Waals surface area contributed by atoms with Crippen LogP contribution in [-0.4, -0.2) is 33.6 Å². The molecule has 27 heavy (non-hydrogen) atoms. The second-order valence-corrected chi connectivity index (χ2v) is 6.99. The van der Waals surface area contributed by atoms with E-state index in [-0.39, 0.29) is 22.4 Å². The molecule has 10 heteroatoms. The van der Waals surface area contributed by atoms with E-state index in [4.69, 9.17) is 23.2 Å². The average Bonchev–Trinajstić information content (AvgIpc) is 3.03. The van der Waals surface area contributed by atoms with E-state index < -0.39 is 5.91 Å². The third kappa shape index (κ3) is 4.29. The fourth-order valence-corrected chi connectivity index (χ4v) is 3.12. The molecule has 0 fully saturated rings. The molecular weight excluding hydrogens is 457 g/mol. The van der Waals surface area contributed by atoms with Gasteiger partial charge in [0.15, 0.2) is 5.82 Å². The number of nitrogens with zero attached hydrogens (tertiary/aromatic N) is 3. The molecule has 0 aliphatic carbocycles. The number of nitrogens with one attached hydrogen (secondary N) is 2. The lowest BCUT2D eigenvalue weighted by Crippen LogP contribution is -2.19. The van der Waals surface area contributed by atoms with E-state index in [9.17, 15) is 9.59 Å². The van der Waals surface area contributed by atoms with Gasteiger partial charge in [-0.1, -0.05) is 23.2 Å². The van der Waals surface area contributed by atoms with Gasteiger partial charge in [-0.15, -0.1) is 0 Å². The Morgan fingerprint density at radius 3 is 2.44 bits per heavy atom. The van der Waals surface area contributed by atoms with Gasteiger partial charge in [0.25, 0.3) is 11.8 Å². The van der Waals surface area contributed by atoms with Crippen molar-refractivity contribution >= 4 is 56.6 Å². The molecule has 0 unspecified atom stereocenters. The summed E-state index contributed by atoms with van der Waals surface area (Å²) < 4.78 is 1.76. The molecule has 2 heterocycles. The van der Waals surface area contributed by atoms with E-state index in [1.165, 1.54) is 16.9 Å². The number of benzene rings is 1. The number of anilines is 1. The summed E-state index contributed by atoms with van der Waals surface area (Å²) in [6.07, 6.45) is 1.41. The molecule has 2 amide bonds. The molecule has 0 bridgehead atoms. The van der Waals surface area contributed by atoms with Crippen molar-refractivity contribution in [2.24, 2.45) is 0 Å². The summed E-state index contributed by atoms with van der Waals surface area (Å²) in [5.41, 5.74) is 1.22. The summed E-state index contributed by atoms with van der Waals surface area (Å²) in [5.74, 6) is -0.362. The van der Waals surface area contributed by atoms with Crippen molar-refractivity contribution in [3.8, 4) is 5.82 Å². The maximum atomic E-state index is 12.7. The number of hydrogen-bond acceptors (Lipinski definition) is 4. The van der Waals surface area contributed by atoms with Gasteiger partial charge in [0.05, 0.1) is 10.0 Å². The van der Waals surface area contributed by atoms with Crippen molar-refractivity contribution in [2.75, 3.05) is 12.4 Å². The molecule has 0 saturated carbocycles. The van der Waals surface area contributed by atoms with Crippen LogP contribution in [0, 0.1) is 0 Å². The van der Waals surface area contributed by atoms with Crippen molar-refractivity contribution in [1.82, 2.24) is 20.1 Å². The molecule has 1 aromatic carbocycles. The van der Waals surface area contributed by atoms with E-state index in [2.05, 4.69) is 36.6 Å². The number of halogens is 3. The number of pyridine rings is 1. The van der Waals surface area contributed by atoms with Crippen LogP contribution in [0.25, 0.3) is 5.82 Å². The molecule has 0 aliphatic heterocycles. The first-order valence-electron chi connectivity index (χ1n) is 7.59. The van der Waals surface area contributed by atoms with Crippen LogP contribution in [-0.2, 0) is 0 Å². The normalized spacial score (nSPS) is 10.5. The Bertz CT molecular complexity index is 1020. The molecular formula is C17H12BrCl2N5O2. The Morgan fingerprint density at radius 2 is 1.81 bits per heavy atom. The molecule has 0 radical (unpaired) electrons. The van der Waals surface area contributed by atoms with Crippen LogP contribution in [0.1, 0.15) is 20.8 Å². The van der Waals surface area contributed by atoms with Crippen LogP contribution in [0.4, 0.5) is 5.69 Å². The number of amides is 2. The van der Waals surface area contributed by atoms with Crippen molar-refractivity contribution in [3.05, 3.63) is 68.5 Å². The third-order valence-corrected chi connectivity index (χ3v) is 4.41. The van der Waals surface area contributed by atoms with Crippen LogP contribution in [0.3, 0.4) is 0 Å². The molecule has 0 aliphatic rings. The van der Waals surface area contributed by atoms with Crippen LogP contribution in [0.2, 0.25) is 10.0 Å². The molecule has 0 spiro atoms. The van der Waals surface area contributed by atoms with Gasteiger partial charge in [0.2, 0.25) is 0 Å². The van der Waals surface area contributed by atoms with Gasteiger partial charge in [-0.05, 0) is 46.3 Å². The second kappa shape index (κ2) is 8.08. The Hall–Kier alpha value is -2.42. The lowest BCUT2D eigenvalue weighted by molar-refractivity contribution is 0.0962. The van der Waals surface area contributed by atoms with Crippen LogP contribution in [0.15, 0.2) is 47.2 Å². The molecule has 2 N–H and O–H groups in total. The molecule has 2 aromatic heterocycles. The topological polar surface area (TPSA) is 88.9 Å². The maximum absolute atomic E-state index is 12.7. The Kier molecular flexibility index (Phi) is 5.79. The van der Waals surface area contributed by atoms with E-state index >= 15 is 0 Å². The van der Waals surface area contributed by atoms with Crippen molar-refractivity contribution in [3.63, 3.8) is 0 Å². The SMILES string of the molecule is CNC(=O)c1ccc(NC(=O)c2cc(Br)nn2-c2ncc(Cl)cc2Cl)cc1. The van der Waals surface area contributed by atoms with Gasteiger partial charge in [-0.2, -0.15) is 5.10 Å². The lowest BCUT2D eigenvalue weighted by Gasteiger charge is -2.09. The predicted octanol–water partition coefficient (Wildman–Crippen LogP) is 3.95. The van der Waals surface area contributed by atoms with Gasteiger partial charge in [-0.3, -0.25) is 9.59 Å². The highest BCUT2D eigenvalue weighted by Crippen LogP contribution is 2.24. The third-order valence-electron chi connectivity index (χ3n) is 3.53. The Labute approximate surface area is 172 Å². The monoisotopic (exact) mass is 467 g/mol. The first-order valence-corrected chi connectivity index (χ1v) is 9.14. The van der Waals surface area contributed by atoms with E-state index in [0.717, 1.165) is 0 Å². The summed E-state index contributed by atoms with van der Waals surface area (Å²) in [6.45, 7) is 0. The zero-order valence-corrected chi connectivity index (χ0v) is 16.9. The number of carbonyl (C=O) groups excluding carboxylic acids is 2. The molecule has 3 aromatic rings. The Morgan fingerprint density at radius 1 is 1.11 bits per heavy atom. The maximum Gasteiger partial charge on any atom is 0.274 e. The molecule has 0 saturated heterocycles. The van der Waals surface area contributed by atoms with Crippen molar-refractivity contribution in [1.29, 1.82) is 0 Å². The summed E-state index contributed by atoms with van der Waals surface area (Å²) in [7, 11) is 1.55. The largest absolute Gasteiger partial charge is 0.355 e. The van der Waals surface area contributed by atoms with Crippen LogP contribution < -0.4 is 10.6 Å². The van der Waals surface area contributed by atoms with E-state index in [1.807, 2.05) is 0 Å². The van der Waals surface area contributed by atoms with Gasteiger partial charge in [-0.25, -0.2) is 9.67 Å². The summed E-state index contributed by atoms with van der Waals surface area (Å²) >= 11 is 15.3. The number of carbonyl (C=O) groups is 2. The average molecular weight is 469 g/mol. The molecule has 0 atom stereocenters. The zero-order valence-electron chi connectivity index (χ0n) is 13.8. The minimum Gasteiger partial charge on any atom is -0.355 e. The lowest BCUT2D eigenvalue weighted by atomic mass is 10.2. The highest BCUT2D eigenvalue weighted by atomic mass is 79.9. The van der Waals surface area contributed by atoms with E-state index in [1.54, 1.807) is 37.4 Å². The standard InChI is InChI=1S/C17H12BrCl2N5O2/c1-21-16(26)9-2-4-11(5-3-9)23-17(27)13-7-14(18)24-25(13)15-12(20)6-10(19)8-22-15/h2-8H,1H3,(H,21,26)(H,23,27). The summed E-state index contributed by atoms with van der Waals surface area (Å²) in [4.78, 5) is 28.4. The first-order chi connectivity index (χ1) is 12.9. The summed E-state index contributed by atoms with van der Waals surface area (Å²) in [5, 5.41) is 10.1. The number of hydrogen-bond donors (Lipinski definition) is 2. The van der Waals surface area contributed by atoms with Crippen LogP contribution in [0.5, 0.6) is 0 Å². The first kappa shape index (κ1) is 19.3. The fraction of sp³-hybridized carbons (Fsp3) is 0.0588. The van der Waals surface area contributed by atoms with Gasteiger partial charge in [0.1, 0.15) is 10.3 Å². The van der Waals surface area contributed by atoms with Gasteiger partial charge in [0, 0.05) is 30.6 Å². The minimum atomic E-state index is -0.422. The predicted molar refractivity (Wildman–Crippen MR) is 107 cm³/mol. The van der Waals surface area contributed by atoms with Crippen LogP contribution >= 0.6 is 39.1 Å². The fourth-order valence-electron chi connectivity index (χ4n) is 2.28. The highest BCUT2D eigenvalue weighted by Gasteiger charge is 2.19. The van der Waals surface area contributed by atoms with Gasteiger partial charge < -0.3 is 10.6 Å². The highest BCUT2D eigenvalue weighted by molar-refractivity contribution is 9.10. The number of aromatic nitrogens is 3. The molecule has 3 rings (SSSR count). The summed E-state index contributed by atoms with van der Waals surface area (Å²) in [6, 6.07) is 9.54. The molecule has 7 nitrogen and oxygen atoms in total. The number of rotatable bonds is 4. The Balaban J connectivity index is 1.88. The van der Waals surface area contributed by atoms with Crippen molar-refractivity contribution < 1.29 is 9.59 Å².